The molecule has 2 heterocycles. The normalized spacial score (nSPS) is 16.8. The van der Waals surface area contributed by atoms with Gasteiger partial charge in [0.25, 0.3) is 0 Å². The van der Waals surface area contributed by atoms with Gasteiger partial charge in [-0.1, -0.05) is 0 Å². The van der Waals surface area contributed by atoms with E-state index in [0.717, 1.165) is 6.07 Å². The molecular formula is C15H17F3N4O. The Labute approximate surface area is 131 Å². The molecule has 0 radical (unpaired) electrons. The number of anilines is 2. The minimum atomic E-state index is -4.46. The molecule has 0 amide bonds. The number of halogens is 3. The van der Waals surface area contributed by atoms with Crippen molar-refractivity contribution in [3.63, 3.8) is 0 Å². The van der Waals surface area contributed by atoms with Crippen molar-refractivity contribution >= 4 is 11.4 Å². The van der Waals surface area contributed by atoms with Crippen LogP contribution in [0.2, 0.25) is 0 Å². The lowest BCUT2D eigenvalue weighted by Gasteiger charge is -2.41. The van der Waals surface area contributed by atoms with Crippen molar-refractivity contribution in [2.24, 2.45) is 5.41 Å². The summed E-state index contributed by atoms with van der Waals surface area (Å²) in [6.07, 6.45) is -0.963. The van der Waals surface area contributed by atoms with Crippen LogP contribution in [0.3, 0.4) is 0 Å². The van der Waals surface area contributed by atoms with E-state index in [-0.39, 0.29) is 16.8 Å². The molecule has 0 bridgehead atoms. The number of hydrogen-bond acceptors (Lipinski definition) is 4. The topological polar surface area (TPSA) is 65.1 Å². The van der Waals surface area contributed by atoms with Crippen molar-refractivity contribution in [3.05, 3.63) is 42.2 Å². The van der Waals surface area contributed by atoms with Gasteiger partial charge >= 0.3 is 6.18 Å². The van der Waals surface area contributed by atoms with Crippen LogP contribution in [0.25, 0.3) is 0 Å². The van der Waals surface area contributed by atoms with Crippen LogP contribution < -0.4 is 11.1 Å². The fraction of sp³-hybridized carbons (Fsp3) is 0.400. The fourth-order valence-electron chi connectivity index (χ4n) is 2.61. The highest BCUT2D eigenvalue weighted by Gasteiger charge is 2.40. The number of alkyl halides is 3. The highest BCUT2D eigenvalue weighted by atomic mass is 19.4. The second-order valence-electron chi connectivity index (χ2n) is 5.85. The highest BCUT2D eigenvalue weighted by molar-refractivity contribution is 5.59. The van der Waals surface area contributed by atoms with Crippen LogP contribution in [0.4, 0.5) is 24.5 Å². The summed E-state index contributed by atoms with van der Waals surface area (Å²) in [5.74, 6) is 0. The van der Waals surface area contributed by atoms with E-state index in [4.69, 9.17) is 10.5 Å². The lowest BCUT2D eigenvalue weighted by atomic mass is 9.85. The number of nitrogens with one attached hydrogen (secondary N) is 1. The van der Waals surface area contributed by atoms with Gasteiger partial charge in [-0.25, -0.2) is 0 Å². The monoisotopic (exact) mass is 326 g/mol. The summed E-state index contributed by atoms with van der Waals surface area (Å²) in [5.41, 5.74) is 4.56. The van der Waals surface area contributed by atoms with Crippen LogP contribution in [-0.4, -0.2) is 29.5 Å². The van der Waals surface area contributed by atoms with Gasteiger partial charge in [0.05, 0.1) is 30.7 Å². The Morgan fingerprint density at radius 3 is 2.70 bits per heavy atom. The molecule has 3 rings (SSSR count). The van der Waals surface area contributed by atoms with Gasteiger partial charge < -0.3 is 15.8 Å². The molecule has 0 unspecified atom stereocenters. The van der Waals surface area contributed by atoms with Gasteiger partial charge in [-0.3, -0.25) is 4.68 Å². The average molecular weight is 326 g/mol. The zero-order valence-corrected chi connectivity index (χ0v) is 12.3. The molecule has 1 aliphatic heterocycles. The summed E-state index contributed by atoms with van der Waals surface area (Å²) >= 11 is 0. The Hall–Kier alpha value is -2.22. The van der Waals surface area contributed by atoms with Gasteiger partial charge in [0, 0.05) is 30.3 Å². The zero-order chi connectivity index (χ0) is 16.5. The summed E-state index contributed by atoms with van der Waals surface area (Å²) in [7, 11) is 0. The number of nitrogen functional groups attached to an aromatic ring is 1. The molecule has 1 aromatic heterocycles. The average Bonchev–Trinajstić information content (AvgIpc) is 2.94. The Balaban J connectivity index is 1.75. The lowest BCUT2D eigenvalue weighted by molar-refractivity contribution is -0.137. The minimum absolute atomic E-state index is 0.0263. The summed E-state index contributed by atoms with van der Waals surface area (Å²) in [4.78, 5) is 0. The highest BCUT2D eigenvalue weighted by Crippen LogP contribution is 2.37. The maximum Gasteiger partial charge on any atom is 0.418 e. The quantitative estimate of drug-likeness (QED) is 0.829. The van der Waals surface area contributed by atoms with E-state index in [9.17, 15) is 13.2 Å². The molecule has 1 fully saturated rings. The Kier molecular flexibility index (Phi) is 3.93. The van der Waals surface area contributed by atoms with Crippen LogP contribution in [0.5, 0.6) is 0 Å². The molecule has 1 aromatic carbocycles. The number of ether oxygens (including phenoxy) is 1. The lowest BCUT2D eigenvalue weighted by Crippen LogP contribution is -2.50. The minimum Gasteiger partial charge on any atom is -0.399 e. The standard InChI is InChI=1S/C15H17F3N4O/c16-15(17,18)12-6-11(19)2-3-13(12)20-7-14(9-23-10-14)8-22-5-1-4-21-22/h1-6,20H,7-10,19H2. The molecule has 3 N–H and O–H groups in total. The third-order valence-electron chi connectivity index (χ3n) is 3.88. The Morgan fingerprint density at radius 1 is 1.35 bits per heavy atom. The molecule has 5 nitrogen and oxygen atoms in total. The molecule has 8 heteroatoms. The summed E-state index contributed by atoms with van der Waals surface area (Å²) in [6, 6.07) is 5.57. The predicted octanol–water partition coefficient (Wildman–Crippen LogP) is 2.61. The second kappa shape index (κ2) is 5.77. The van der Waals surface area contributed by atoms with Crippen molar-refractivity contribution in [1.29, 1.82) is 0 Å². The van der Waals surface area contributed by atoms with E-state index in [2.05, 4.69) is 10.4 Å². The van der Waals surface area contributed by atoms with Gasteiger partial charge in [0.2, 0.25) is 0 Å². The molecule has 1 saturated heterocycles. The number of hydrogen-bond donors (Lipinski definition) is 2. The van der Waals surface area contributed by atoms with Crippen molar-refractivity contribution < 1.29 is 17.9 Å². The van der Waals surface area contributed by atoms with Crippen LogP contribution in [0.1, 0.15) is 5.56 Å². The first-order valence-corrected chi connectivity index (χ1v) is 7.14. The first-order chi connectivity index (χ1) is 10.9. The Bertz CT molecular complexity index is 666. The SMILES string of the molecule is Nc1ccc(NCC2(Cn3cccn3)COC2)c(C(F)(F)F)c1. The third kappa shape index (κ3) is 3.42. The maximum absolute atomic E-state index is 13.1. The van der Waals surface area contributed by atoms with E-state index >= 15 is 0 Å². The van der Waals surface area contributed by atoms with Crippen LogP contribution in [0, 0.1) is 5.41 Å². The van der Waals surface area contributed by atoms with E-state index < -0.39 is 11.7 Å². The molecular weight excluding hydrogens is 309 g/mol. The first-order valence-electron chi connectivity index (χ1n) is 7.14. The number of aromatic nitrogens is 2. The fourth-order valence-corrected chi connectivity index (χ4v) is 2.61. The molecule has 1 aliphatic rings. The van der Waals surface area contributed by atoms with E-state index in [0.29, 0.717) is 26.3 Å². The summed E-state index contributed by atoms with van der Waals surface area (Å²) < 4.78 is 46.4. The van der Waals surface area contributed by atoms with E-state index in [1.807, 2.05) is 12.3 Å². The molecule has 0 saturated carbocycles. The number of nitrogens with zero attached hydrogens (tertiary/aromatic N) is 2. The number of rotatable bonds is 5. The second-order valence-corrected chi connectivity index (χ2v) is 5.85. The summed E-state index contributed by atoms with van der Waals surface area (Å²) in [6.45, 7) is 1.91. The van der Waals surface area contributed by atoms with Crippen molar-refractivity contribution in [2.75, 3.05) is 30.8 Å². The van der Waals surface area contributed by atoms with E-state index in [1.54, 1.807) is 10.9 Å². The van der Waals surface area contributed by atoms with Crippen molar-refractivity contribution in [1.82, 2.24) is 9.78 Å². The number of benzene rings is 1. The Morgan fingerprint density at radius 2 is 2.13 bits per heavy atom. The van der Waals surface area contributed by atoms with Crippen molar-refractivity contribution in [2.45, 2.75) is 12.7 Å². The maximum atomic E-state index is 13.1. The predicted molar refractivity (Wildman–Crippen MR) is 79.8 cm³/mol. The third-order valence-corrected chi connectivity index (χ3v) is 3.88. The number of nitrogens with two attached hydrogens (primary N) is 1. The summed E-state index contributed by atoms with van der Waals surface area (Å²) in [5, 5.41) is 7.05. The van der Waals surface area contributed by atoms with Crippen LogP contribution >= 0.6 is 0 Å². The molecule has 0 atom stereocenters. The van der Waals surface area contributed by atoms with Gasteiger partial charge in [-0.05, 0) is 24.3 Å². The molecule has 0 aliphatic carbocycles. The molecule has 23 heavy (non-hydrogen) atoms. The van der Waals surface area contributed by atoms with Gasteiger partial charge in [0.1, 0.15) is 0 Å². The van der Waals surface area contributed by atoms with Gasteiger partial charge in [-0.2, -0.15) is 18.3 Å². The van der Waals surface area contributed by atoms with Crippen molar-refractivity contribution in [3.8, 4) is 0 Å². The molecule has 124 valence electrons. The van der Waals surface area contributed by atoms with Gasteiger partial charge in [0.15, 0.2) is 0 Å². The van der Waals surface area contributed by atoms with Gasteiger partial charge in [-0.15, -0.1) is 0 Å². The van der Waals surface area contributed by atoms with Crippen LogP contribution in [0.15, 0.2) is 36.7 Å². The zero-order valence-electron chi connectivity index (χ0n) is 12.3. The largest absolute Gasteiger partial charge is 0.418 e. The first kappa shape index (κ1) is 15.7. The smallest absolute Gasteiger partial charge is 0.399 e. The van der Waals surface area contributed by atoms with E-state index in [1.165, 1.54) is 12.1 Å². The molecule has 2 aromatic rings. The van der Waals surface area contributed by atoms with Crippen LogP contribution in [-0.2, 0) is 17.5 Å². The molecule has 0 spiro atoms.